The van der Waals surface area contributed by atoms with Crippen LogP contribution in [0.25, 0.3) is 0 Å². The van der Waals surface area contributed by atoms with Crippen LogP contribution in [-0.4, -0.2) is 30.8 Å². The van der Waals surface area contributed by atoms with Crippen LogP contribution in [-0.2, 0) is 4.79 Å². The summed E-state index contributed by atoms with van der Waals surface area (Å²) in [6, 6.07) is 5.55. The van der Waals surface area contributed by atoms with E-state index in [2.05, 4.69) is 5.32 Å². The third kappa shape index (κ3) is 4.20. The van der Waals surface area contributed by atoms with Gasteiger partial charge in [0.15, 0.2) is 6.61 Å². The van der Waals surface area contributed by atoms with Crippen LogP contribution in [0.15, 0.2) is 24.3 Å². The van der Waals surface area contributed by atoms with Gasteiger partial charge in [0.25, 0.3) is 5.91 Å². The molecule has 0 heterocycles. The number of benzene rings is 1. The molecule has 0 spiro atoms. The lowest BCUT2D eigenvalue weighted by Gasteiger charge is -2.17. The van der Waals surface area contributed by atoms with Crippen LogP contribution in [0.5, 0.6) is 5.75 Å². The van der Waals surface area contributed by atoms with Gasteiger partial charge in [0.2, 0.25) is 0 Å². The monoisotopic (exact) mass is 281 g/mol. The fourth-order valence-corrected chi connectivity index (χ4v) is 2.60. The van der Waals surface area contributed by atoms with E-state index in [4.69, 9.17) is 4.74 Å². The number of halogens is 1. The Kier molecular flexibility index (Phi) is 5.35. The van der Waals surface area contributed by atoms with Crippen molar-refractivity contribution in [2.45, 2.75) is 19.3 Å². The van der Waals surface area contributed by atoms with E-state index in [1.807, 2.05) is 0 Å². The number of ether oxygens (including phenoxy) is 1. The lowest BCUT2D eigenvalue weighted by Crippen LogP contribution is -2.34. The lowest BCUT2D eigenvalue weighted by molar-refractivity contribution is -0.123. The van der Waals surface area contributed by atoms with E-state index in [9.17, 15) is 14.3 Å². The molecule has 1 aliphatic rings. The van der Waals surface area contributed by atoms with Crippen molar-refractivity contribution in [3.8, 4) is 5.75 Å². The van der Waals surface area contributed by atoms with Crippen LogP contribution >= 0.6 is 0 Å². The molecular weight excluding hydrogens is 261 g/mol. The van der Waals surface area contributed by atoms with Gasteiger partial charge in [-0.25, -0.2) is 4.39 Å². The first-order valence-electron chi connectivity index (χ1n) is 6.95. The molecule has 0 saturated heterocycles. The predicted octanol–water partition coefficient (Wildman–Crippen LogP) is 1.73. The number of hydrogen-bond acceptors (Lipinski definition) is 3. The van der Waals surface area contributed by atoms with E-state index in [0.717, 1.165) is 19.3 Å². The second kappa shape index (κ2) is 7.24. The van der Waals surface area contributed by atoms with Gasteiger partial charge in [-0.15, -0.1) is 0 Å². The Morgan fingerprint density at radius 3 is 2.70 bits per heavy atom. The maximum atomic E-state index is 12.7. The SMILES string of the molecule is O=C(COc1ccc(F)cc1)NCC1CCCC1CO. The van der Waals surface area contributed by atoms with Crippen molar-refractivity contribution in [3.05, 3.63) is 30.1 Å². The summed E-state index contributed by atoms with van der Waals surface area (Å²) < 4.78 is 18.0. The number of carbonyl (C=O) groups is 1. The Morgan fingerprint density at radius 2 is 2.00 bits per heavy atom. The van der Waals surface area contributed by atoms with E-state index in [0.29, 0.717) is 24.1 Å². The summed E-state index contributed by atoms with van der Waals surface area (Å²) in [6.45, 7) is 0.686. The molecule has 110 valence electrons. The molecule has 1 saturated carbocycles. The average Bonchev–Trinajstić information content (AvgIpc) is 2.92. The van der Waals surface area contributed by atoms with Crippen molar-refractivity contribution in [2.75, 3.05) is 19.8 Å². The van der Waals surface area contributed by atoms with Crippen molar-refractivity contribution in [1.29, 1.82) is 0 Å². The minimum absolute atomic E-state index is 0.0812. The second-order valence-electron chi connectivity index (χ2n) is 5.18. The van der Waals surface area contributed by atoms with Gasteiger partial charge in [-0.1, -0.05) is 6.42 Å². The number of nitrogens with one attached hydrogen (secondary N) is 1. The molecule has 0 radical (unpaired) electrons. The molecule has 0 bridgehead atoms. The summed E-state index contributed by atoms with van der Waals surface area (Å²) in [4.78, 5) is 11.7. The van der Waals surface area contributed by atoms with Crippen LogP contribution < -0.4 is 10.1 Å². The maximum absolute atomic E-state index is 12.7. The number of carbonyl (C=O) groups excluding carboxylic acids is 1. The molecule has 2 unspecified atom stereocenters. The molecular formula is C15H20FNO3. The highest BCUT2D eigenvalue weighted by atomic mass is 19.1. The molecule has 2 rings (SSSR count). The molecule has 2 atom stereocenters. The van der Waals surface area contributed by atoms with E-state index < -0.39 is 0 Å². The standard InChI is InChI=1S/C15H20FNO3/c16-13-4-6-14(7-5-13)20-10-15(19)17-8-11-2-1-3-12(11)9-18/h4-7,11-12,18H,1-3,8-10H2,(H,17,19). The first kappa shape index (κ1) is 14.8. The number of amides is 1. The van der Waals surface area contributed by atoms with Crippen molar-refractivity contribution in [2.24, 2.45) is 11.8 Å². The fourth-order valence-electron chi connectivity index (χ4n) is 2.60. The predicted molar refractivity (Wildman–Crippen MR) is 72.8 cm³/mol. The second-order valence-corrected chi connectivity index (χ2v) is 5.18. The third-order valence-electron chi connectivity index (χ3n) is 3.80. The zero-order valence-electron chi connectivity index (χ0n) is 11.3. The van der Waals surface area contributed by atoms with Crippen LogP contribution in [0.4, 0.5) is 4.39 Å². The molecule has 20 heavy (non-hydrogen) atoms. The van der Waals surface area contributed by atoms with Gasteiger partial charge in [0.1, 0.15) is 11.6 Å². The summed E-state index contributed by atoms with van der Waals surface area (Å²) in [5.74, 6) is 0.592. The zero-order chi connectivity index (χ0) is 14.4. The average molecular weight is 281 g/mol. The molecule has 1 fully saturated rings. The molecule has 2 N–H and O–H groups in total. The highest BCUT2D eigenvalue weighted by molar-refractivity contribution is 5.77. The lowest BCUT2D eigenvalue weighted by atomic mass is 9.97. The molecule has 4 nitrogen and oxygen atoms in total. The van der Waals surface area contributed by atoms with Gasteiger partial charge in [0.05, 0.1) is 0 Å². The molecule has 1 amide bonds. The number of rotatable bonds is 6. The van der Waals surface area contributed by atoms with Crippen LogP contribution in [0, 0.1) is 17.7 Å². The largest absolute Gasteiger partial charge is 0.484 e. The summed E-state index contributed by atoms with van der Waals surface area (Å²) >= 11 is 0. The molecule has 5 heteroatoms. The van der Waals surface area contributed by atoms with E-state index in [-0.39, 0.29) is 24.9 Å². The van der Waals surface area contributed by atoms with Crippen LogP contribution in [0.3, 0.4) is 0 Å². The van der Waals surface area contributed by atoms with Gasteiger partial charge < -0.3 is 15.2 Å². The van der Waals surface area contributed by atoms with Crippen molar-refractivity contribution in [1.82, 2.24) is 5.32 Å². The Balaban J connectivity index is 1.69. The minimum Gasteiger partial charge on any atom is -0.484 e. The maximum Gasteiger partial charge on any atom is 0.257 e. The normalized spacial score (nSPS) is 21.7. The van der Waals surface area contributed by atoms with Crippen LogP contribution in [0.1, 0.15) is 19.3 Å². The minimum atomic E-state index is -0.335. The Labute approximate surface area is 117 Å². The van der Waals surface area contributed by atoms with Crippen molar-refractivity contribution >= 4 is 5.91 Å². The van der Waals surface area contributed by atoms with Gasteiger partial charge in [-0.05, 0) is 48.9 Å². The Bertz CT molecular complexity index is 435. The fraction of sp³-hybridized carbons (Fsp3) is 0.533. The Hall–Kier alpha value is -1.62. The van der Waals surface area contributed by atoms with Gasteiger partial charge in [-0.3, -0.25) is 4.79 Å². The van der Waals surface area contributed by atoms with E-state index in [1.54, 1.807) is 0 Å². The highest BCUT2D eigenvalue weighted by Gasteiger charge is 2.26. The number of aliphatic hydroxyl groups is 1. The third-order valence-corrected chi connectivity index (χ3v) is 3.80. The van der Waals surface area contributed by atoms with Crippen LogP contribution in [0.2, 0.25) is 0 Å². The van der Waals surface area contributed by atoms with E-state index >= 15 is 0 Å². The first-order valence-corrected chi connectivity index (χ1v) is 6.95. The summed E-state index contributed by atoms with van der Waals surface area (Å²) in [6.07, 6.45) is 3.19. The summed E-state index contributed by atoms with van der Waals surface area (Å²) in [5.41, 5.74) is 0. The highest BCUT2D eigenvalue weighted by Crippen LogP contribution is 2.30. The van der Waals surface area contributed by atoms with Crippen molar-refractivity contribution < 1.29 is 19.0 Å². The van der Waals surface area contributed by atoms with Gasteiger partial charge in [0, 0.05) is 13.2 Å². The van der Waals surface area contributed by atoms with Crippen molar-refractivity contribution in [3.63, 3.8) is 0 Å². The summed E-state index contributed by atoms with van der Waals surface area (Å²) in [5, 5.41) is 12.0. The Morgan fingerprint density at radius 1 is 1.30 bits per heavy atom. The number of aliphatic hydroxyl groups excluding tert-OH is 1. The zero-order valence-corrected chi connectivity index (χ0v) is 11.3. The topological polar surface area (TPSA) is 58.6 Å². The smallest absolute Gasteiger partial charge is 0.257 e. The molecule has 1 aromatic rings. The molecule has 1 aromatic carbocycles. The van der Waals surface area contributed by atoms with E-state index in [1.165, 1.54) is 24.3 Å². The molecule has 0 aromatic heterocycles. The molecule has 1 aliphatic carbocycles. The first-order chi connectivity index (χ1) is 9.69. The van der Waals surface area contributed by atoms with Gasteiger partial charge >= 0.3 is 0 Å². The number of hydrogen-bond donors (Lipinski definition) is 2. The van der Waals surface area contributed by atoms with Gasteiger partial charge in [-0.2, -0.15) is 0 Å². The quantitative estimate of drug-likeness (QED) is 0.835. The molecule has 0 aliphatic heterocycles. The summed E-state index contributed by atoms with van der Waals surface area (Å²) in [7, 11) is 0.